The van der Waals surface area contributed by atoms with Crippen LogP contribution in [0.2, 0.25) is 0 Å². The van der Waals surface area contributed by atoms with Crippen LogP contribution in [0, 0.1) is 6.92 Å². The Balaban J connectivity index is 1.83. The minimum Gasteiger partial charge on any atom is -0.451 e. The number of aryl methyl sites for hydroxylation is 1. The van der Waals surface area contributed by atoms with Crippen LogP contribution >= 0.6 is 11.8 Å². The van der Waals surface area contributed by atoms with Gasteiger partial charge in [0.1, 0.15) is 6.54 Å². The maximum Gasteiger partial charge on any atom is 0.326 e. The smallest absolute Gasteiger partial charge is 0.326 e. The number of hydrogen-bond acceptors (Lipinski definition) is 5. The Labute approximate surface area is 133 Å². The lowest BCUT2D eigenvalue weighted by atomic mass is 10.2. The molecule has 7 heteroatoms. The fourth-order valence-corrected chi connectivity index (χ4v) is 2.80. The number of carbonyl (C=O) groups is 3. The molecule has 1 atom stereocenters. The quantitative estimate of drug-likeness (QED) is 0.840. The highest BCUT2D eigenvalue weighted by Crippen LogP contribution is 2.17. The summed E-state index contributed by atoms with van der Waals surface area (Å²) in [5.41, 5.74) is 1.67. The molecule has 1 heterocycles. The van der Waals surface area contributed by atoms with E-state index in [0.29, 0.717) is 18.0 Å². The van der Waals surface area contributed by atoms with Gasteiger partial charge >= 0.3 is 5.97 Å². The molecule has 0 aliphatic carbocycles. The summed E-state index contributed by atoms with van der Waals surface area (Å²) in [6.45, 7) is 3.84. The summed E-state index contributed by atoms with van der Waals surface area (Å²) in [6.07, 6.45) is -0.918. The van der Waals surface area contributed by atoms with Gasteiger partial charge < -0.3 is 15.0 Å². The maximum atomic E-state index is 12.0. The van der Waals surface area contributed by atoms with E-state index in [1.165, 1.54) is 23.6 Å². The summed E-state index contributed by atoms with van der Waals surface area (Å²) in [5.74, 6) is -0.306. The monoisotopic (exact) mass is 322 g/mol. The van der Waals surface area contributed by atoms with Gasteiger partial charge in [0.25, 0.3) is 11.1 Å². The highest BCUT2D eigenvalue weighted by molar-refractivity contribution is 8.13. The number of hydrogen-bond donors (Lipinski definition) is 1. The third-order valence-electron chi connectivity index (χ3n) is 3.13. The first-order valence-corrected chi connectivity index (χ1v) is 7.93. The van der Waals surface area contributed by atoms with Gasteiger partial charge in [0.15, 0.2) is 6.10 Å². The highest BCUT2D eigenvalue weighted by Gasteiger charge is 2.26. The van der Waals surface area contributed by atoms with Crippen molar-refractivity contribution in [3.05, 3.63) is 29.8 Å². The van der Waals surface area contributed by atoms with Gasteiger partial charge in [-0.3, -0.25) is 14.4 Å². The number of esters is 1. The Kier molecular flexibility index (Phi) is 5.43. The van der Waals surface area contributed by atoms with Crippen LogP contribution in [0.15, 0.2) is 24.3 Å². The summed E-state index contributed by atoms with van der Waals surface area (Å²) >= 11 is 1.18. The summed E-state index contributed by atoms with van der Waals surface area (Å²) in [6, 6.07) is 7.34. The Hall–Kier alpha value is -2.02. The summed E-state index contributed by atoms with van der Waals surface area (Å²) in [4.78, 5) is 36.6. The zero-order valence-electron chi connectivity index (χ0n) is 12.5. The first kappa shape index (κ1) is 16.4. The first-order valence-electron chi connectivity index (χ1n) is 6.94. The summed E-state index contributed by atoms with van der Waals surface area (Å²) in [7, 11) is 0. The number of ether oxygens (including phenoxy) is 1. The standard InChI is InChI=1S/C15H18N2O4S/c1-10-4-3-5-12(8-10)16-14(19)11(2)21-13(18)9-17-6-7-22-15(17)20/h3-5,8,11H,6-7,9H2,1-2H3,(H,16,19)/t11-/m0/s1. The molecule has 0 saturated carbocycles. The second-order valence-corrected chi connectivity index (χ2v) is 6.07. The van der Waals surface area contributed by atoms with E-state index in [1.807, 2.05) is 25.1 Å². The SMILES string of the molecule is Cc1cccc(NC(=O)[C@H](C)OC(=O)CN2CCSC2=O)c1. The average Bonchev–Trinajstić information content (AvgIpc) is 2.84. The number of amides is 2. The fourth-order valence-electron chi connectivity index (χ4n) is 1.98. The third kappa shape index (κ3) is 4.49. The van der Waals surface area contributed by atoms with Crippen molar-refractivity contribution in [2.24, 2.45) is 0 Å². The van der Waals surface area contributed by atoms with Crippen molar-refractivity contribution in [3.8, 4) is 0 Å². The molecule has 2 amide bonds. The molecular formula is C15H18N2O4S. The number of anilines is 1. The minimum atomic E-state index is -0.918. The molecule has 1 aliphatic heterocycles. The Morgan fingerprint density at radius 2 is 2.23 bits per heavy atom. The van der Waals surface area contributed by atoms with E-state index in [1.54, 1.807) is 6.07 Å². The normalized spacial score (nSPS) is 15.5. The van der Waals surface area contributed by atoms with E-state index in [2.05, 4.69) is 5.32 Å². The van der Waals surface area contributed by atoms with Gasteiger partial charge in [-0.25, -0.2) is 0 Å². The van der Waals surface area contributed by atoms with E-state index in [0.717, 1.165) is 5.56 Å². The molecule has 0 unspecified atom stereocenters. The van der Waals surface area contributed by atoms with E-state index in [9.17, 15) is 14.4 Å². The number of nitrogens with one attached hydrogen (secondary N) is 1. The molecule has 22 heavy (non-hydrogen) atoms. The maximum absolute atomic E-state index is 12.0. The van der Waals surface area contributed by atoms with Crippen LogP contribution in [0.5, 0.6) is 0 Å². The largest absolute Gasteiger partial charge is 0.451 e. The molecule has 0 radical (unpaired) electrons. The second kappa shape index (κ2) is 7.31. The van der Waals surface area contributed by atoms with Gasteiger partial charge in [-0.2, -0.15) is 0 Å². The zero-order chi connectivity index (χ0) is 16.1. The van der Waals surface area contributed by atoms with Gasteiger partial charge in [-0.15, -0.1) is 0 Å². The second-order valence-electron chi connectivity index (χ2n) is 5.03. The minimum absolute atomic E-state index is 0.117. The van der Waals surface area contributed by atoms with E-state index in [-0.39, 0.29) is 11.8 Å². The average molecular weight is 322 g/mol. The molecule has 0 spiro atoms. The molecule has 1 aliphatic rings. The number of carbonyl (C=O) groups excluding carboxylic acids is 3. The van der Waals surface area contributed by atoms with Crippen molar-refractivity contribution >= 4 is 34.6 Å². The van der Waals surface area contributed by atoms with E-state index in [4.69, 9.17) is 4.74 Å². The molecule has 0 aromatic heterocycles. The number of rotatable bonds is 5. The van der Waals surface area contributed by atoms with Crippen LogP contribution in [0.3, 0.4) is 0 Å². The van der Waals surface area contributed by atoms with Gasteiger partial charge in [0, 0.05) is 18.0 Å². The molecular weight excluding hydrogens is 304 g/mol. The Morgan fingerprint density at radius 3 is 2.86 bits per heavy atom. The van der Waals surface area contributed by atoms with Crippen LogP contribution in [-0.4, -0.2) is 47.0 Å². The molecule has 1 saturated heterocycles. The van der Waals surface area contributed by atoms with Gasteiger partial charge in [-0.1, -0.05) is 23.9 Å². The van der Waals surface area contributed by atoms with Crippen molar-refractivity contribution in [3.63, 3.8) is 0 Å². The van der Waals surface area contributed by atoms with Crippen molar-refractivity contribution in [1.82, 2.24) is 4.90 Å². The van der Waals surface area contributed by atoms with Crippen molar-refractivity contribution in [2.75, 3.05) is 24.2 Å². The van der Waals surface area contributed by atoms with Gasteiger partial charge in [0.2, 0.25) is 0 Å². The van der Waals surface area contributed by atoms with Crippen LogP contribution in [0.1, 0.15) is 12.5 Å². The topological polar surface area (TPSA) is 75.7 Å². The molecule has 1 aromatic carbocycles. The molecule has 6 nitrogen and oxygen atoms in total. The highest BCUT2D eigenvalue weighted by atomic mass is 32.2. The predicted octanol–water partition coefficient (Wildman–Crippen LogP) is 2.03. The first-order chi connectivity index (χ1) is 10.5. The van der Waals surface area contributed by atoms with Gasteiger partial charge in [-0.05, 0) is 31.5 Å². The molecule has 118 valence electrons. The molecule has 1 fully saturated rings. The Bertz CT molecular complexity index is 591. The third-order valence-corrected chi connectivity index (χ3v) is 4.02. The molecule has 2 rings (SSSR count). The van der Waals surface area contributed by atoms with E-state index < -0.39 is 18.0 Å². The van der Waals surface area contributed by atoms with Crippen molar-refractivity contribution < 1.29 is 19.1 Å². The lowest BCUT2D eigenvalue weighted by molar-refractivity contribution is -0.153. The number of benzene rings is 1. The number of nitrogens with zero attached hydrogens (tertiary/aromatic N) is 1. The number of thioether (sulfide) groups is 1. The predicted molar refractivity (Wildman–Crippen MR) is 84.8 cm³/mol. The van der Waals surface area contributed by atoms with E-state index >= 15 is 0 Å². The zero-order valence-corrected chi connectivity index (χ0v) is 13.3. The van der Waals surface area contributed by atoms with Crippen molar-refractivity contribution in [1.29, 1.82) is 0 Å². The van der Waals surface area contributed by atoms with Crippen LogP contribution < -0.4 is 5.32 Å². The van der Waals surface area contributed by atoms with Crippen LogP contribution in [-0.2, 0) is 14.3 Å². The lowest BCUT2D eigenvalue weighted by Crippen LogP contribution is -2.36. The summed E-state index contributed by atoms with van der Waals surface area (Å²) < 4.78 is 5.07. The van der Waals surface area contributed by atoms with Crippen LogP contribution in [0.4, 0.5) is 10.5 Å². The van der Waals surface area contributed by atoms with Gasteiger partial charge in [0.05, 0.1) is 0 Å². The van der Waals surface area contributed by atoms with Crippen molar-refractivity contribution in [2.45, 2.75) is 20.0 Å². The lowest BCUT2D eigenvalue weighted by Gasteiger charge is -2.17. The molecule has 1 N–H and O–H groups in total. The fraction of sp³-hybridized carbons (Fsp3) is 0.400. The molecule has 0 bridgehead atoms. The summed E-state index contributed by atoms with van der Waals surface area (Å²) in [5, 5.41) is 2.56. The molecule has 1 aromatic rings. The Morgan fingerprint density at radius 1 is 1.45 bits per heavy atom. The van der Waals surface area contributed by atoms with Crippen LogP contribution in [0.25, 0.3) is 0 Å².